The van der Waals surface area contributed by atoms with E-state index in [-0.39, 0.29) is 0 Å². The van der Waals surface area contributed by atoms with E-state index in [0.29, 0.717) is 28.9 Å². The molecule has 1 amide bonds. The molecule has 0 N–H and O–H groups in total. The summed E-state index contributed by atoms with van der Waals surface area (Å²) in [6, 6.07) is 0.933. The Morgan fingerprint density at radius 3 is 2.00 bits per heavy atom. The quantitative estimate of drug-likeness (QED) is 0.586. The molecular formula is C19H29N3OS. The molecular weight excluding hydrogens is 318 g/mol. The van der Waals surface area contributed by atoms with E-state index in [1.165, 1.54) is 76.0 Å². The van der Waals surface area contributed by atoms with Gasteiger partial charge in [0.2, 0.25) is 5.91 Å². The highest BCUT2D eigenvalue weighted by molar-refractivity contribution is 7.99. The molecule has 0 unspecified atom stereocenters. The molecule has 2 saturated carbocycles. The second-order valence-corrected chi connectivity index (χ2v) is 8.16. The van der Waals surface area contributed by atoms with E-state index < -0.39 is 0 Å². The van der Waals surface area contributed by atoms with Gasteiger partial charge in [-0.05, 0) is 38.2 Å². The Hall–Kier alpha value is -1.10. The maximum absolute atomic E-state index is 13.0. The van der Waals surface area contributed by atoms with Crippen LogP contribution in [-0.2, 0) is 4.79 Å². The first-order valence-corrected chi connectivity index (χ1v) is 10.5. The number of thioether (sulfide) groups is 1. The monoisotopic (exact) mass is 347 g/mol. The van der Waals surface area contributed by atoms with E-state index in [0.717, 1.165) is 5.56 Å². The smallest absolute Gasteiger partial charge is 0.233 e. The van der Waals surface area contributed by atoms with E-state index in [1.807, 2.05) is 19.3 Å². The van der Waals surface area contributed by atoms with Crippen LogP contribution in [0.4, 0.5) is 0 Å². The van der Waals surface area contributed by atoms with Crippen LogP contribution < -0.4 is 0 Å². The van der Waals surface area contributed by atoms with Gasteiger partial charge in [0.25, 0.3) is 0 Å². The van der Waals surface area contributed by atoms with Gasteiger partial charge in [-0.25, -0.2) is 9.97 Å². The third-order valence-electron chi connectivity index (χ3n) is 5.31. The van der Waals surface area contributed by atoms with Gasteiger partial charge in [0.15, 0.2) is 5.16 Å². The lowest BCUT2D eigenvalue weighted by molar-refractivity contribution is -0.135. The molecule has 5 heteroatoms. The second-order valence-electron chi connectivity index (χ2n) is 7.22. The number of aryl methyl sites for hydroxylation is 1. The Labute approximate surface area is 149 Å². The van der Waals surface area contributed by atoms with Gasteiger partial charge in [-0.2, -0.15) is 0 Å². The van der Waals surface area contributed by atoms with Gasteiger partial charge in [-0.3, -0.25) is 4.79 Å². The molecule has 1 aromatic heterocycles. The number of carbonyl (C=O) groups is 1. The van der Waals surface area contributed by atoms with Crippen molar-refractivity contribution in [2.45, 2.75) is 88.4 Å². The lowest BCUT2D eigenvalue weighted by Gasteiger charge is -2.41. The maximum Gasteiger partial charge on any atom is 0.233 e. The third kappa shape index (κ3) is 4.71. The van der Waals surface area contributed by atoms with Crippen LogP contribution in [0, 0.1) is 6.92 Å². The standard InChI is InChI=1S/C19H29N3OS/c1-15-12-20-19(21-13-15)24-14-18(23)22(16-8-4-2-5-9-16)17-10-6-3-7-11-17/h12-13,16-17H,2-11,14H2,1H3. The molecule has 1 aromatic rings. The summed E-state index contributed by atoms with van der Waals surface area (Å²) >= 11 is 1.48. The van der Waals surface area contributed by atoms with E-state index in [9.17, 15) is 4.79 Å². The Morgan fingerprint density at radius 1 is 1.00 bits per heavy atom. The van der Waals surface area contributed by atoms with Crippen molar-refractivity contribution in [3.8, 4) is 0 Å². The summed E-state index contributed by atoms with van der Waals surface area (Å²) in [6.07, 6.45) is 16.1. The SMILES string of the molecule is Cc1cnc(SCC(=O)N(C2CCCCC2)C2CCCCC2)nc1. The molecule has 0 spiro atoms. The van der Waals surface area contributed by atoms with Crippen LogP contribution in [0.2, 0.25) is 0 Å². The number of hydrogen-bond donors (Lipinski definition) is 0. The summed E-state index contributed by atoms with van der Waals surface area (Å²) in [5, 5.41) is 0.709. The highest BCUT2D eigenvalue weighted by atomic mass is 32.2. The molecule has 0 saturated heterocycles. The first-order valence-electron chi connectivity index (χ1n) is 9.46. The zero-order valence-corrected chi connectivity index (χ0v) is 15.6. The number of carbonyl (C=O) groups excluding carboxylic acids is 1. The van der Waals surface area contributed by atoms with Crippen LogP contribution in [0.3, 0.4) is 0 Å². The molecule has 2 aliphatic rings. The lowest BCUT2D eigenvalue weighted by atomic mass is 9.88. The van der Waals surface area contributed by atoms with Gasteiger partial charge >= 0.3 is 0 Å². The Morgan fingerprint density at radius 2 is 1.50 bits per heavy atom. The number of rotatable bonds is 5. The molecule has 24 heavy (non-hydrogen) atoms. The first kappa shape index (κ1) is 17.7. The van der Waals surface area contributed by atoms with Crippen molar-refractivity contribution >= 4 is 17.7 Å². The number of nitrogens with zero attached hydrogens (tertiary/aromatic N) is 3. The van der Waals surface area contributed by atoms with Crippen molar-refractivity contribution < 1.29 is 4.79 Å². The summed E-state index contributed by atoms with van der Waals surface area (Å²) in [5.41, 5.74) is 1.05. The molecule has 1 heterocycles. The van der Waals surface area contributed by atoms with Crippen molar-refractivity contribution in [1.82, 2.24) is 14.9 Å². The molecule has 0 radical (unpaired) electrons. The molecule has 0 aromatic carbocycles. The molecule has 2 aliphatic carbocycles. The summed E-state index contributed by atoms with van der Waals surface area (Å²) in [5.74, 6) is 0.763. The fraction of sp³-hybridized carbons (Fsp3) is 0.737. The molecule has 0 bridgehead atoms. The van der Waals surface area contributed by atoms with E-state index in [2.05, 4.69) is 14.9 Å². The fourth-order valence-corrected chi connectivity index (χ4v) is 4.74. The summed E-state index contributed by atoms with van der Waals surface area (Å²) < 4.78 is 0. The van der Waals surface area contributed by atoms with Gasteiger partial charge in [-0.1, -0.05) is 50.3 Å². The highest BCUT2D eigenvalue weighted by Crippen LogP contribution is 2.31. The number of amides is 1. The molecule has 4 nitrogen and oxygen atoms in total. The Kier molecular flexibility index (Phi) is 6.52. The van der Waals surface area contributed by atoms with Crippen LogP contribution in [0.25, 0.3) is 0 Å². The van der Waals surface area contributed by atoms with E-state index in [4.69, 9.17) is 0 Å². The van der Waals surface area contributed by atoms with Gasteiger partial charge in [0.1, 0.15) is 0 Å². The molecule has 0 atom stereocenters. The largest absolute Gasteiger partial charge is 0.336 e. The predicted octanol–water partition coefficient (Wildman–Crippen LogP) is 4.37. The third-order valence-corrected chi connectivity index (χ3v) is 6.17. The van der Waals surface area contributed by atoms with Gasteiger partial charge in [0, 0.05) is 24.5 Å². The van der Waals surface area contributed by atoms with Gasteiger partial charge in [0.05, 0.1) is 5.75 Å². The first-order chi connectivity index (χ1) is 11.7. The topological polar surface area (TPSA) is 46.1 Å². The Balaban J connectivity index is 1.64. The van der Waals surface area contributed by atoms with Crippen molar-refractivity contribution in [1.29, 1.82) is 0 Å². The minimum absolute atomic E-state index is 0.294. The van der Waals surface area contributed by atoms with Gasteiger partial charge < -0.3 is 4.90 Å². The summed E-state index contributed by atoms with van der Waals surface area (Å²) in [4.78, 5) is 23.9. The zero-order chi connectivity index (χ0) is 16.8. The van der Waals surface area contributed by atoms with Crippen molar-refractivity contribution in [2.24, 2.45) is 0 Å². The zero-order valence-electron chi connectivity index (χ0n) is 14.7. The minimum atomic E-state index is 0.294. The van der Waals surface area contributed by atoms with Crippen LogP contribution in [0.5, 0.6) is 0 Å². The average Bonchev–Trinajstić information content (AvgIpc) is 2.63. The van der Waals surface area contributed by atoms with Crippen molar-refractivity contribution in [2.75, 3.05) is 5.75 Å². The molecule has 132 valence electrons. The van der Waals surface area contributed by atoms with Crippen LogP contribution in [-0.4, -0.2) is 38.6 Å². The number of hydrogen-bond acceptors (Lipinski definition) is 4. The summed E-state index contributed by atoms with van der Waals surface area (Å²) in [7, 11) is 0. The molecule has 0 aliphatic heterocycles. The average molecular weight is 348 g/mol. The number of aromatic nitrogens is 2. The van der Waals surface area contributed by atoms with Gasteiger partial charge in [-0.15, -0.1) is 0 Å². The normalized spacial score (nSPS) is 20.0. The predicted molar refractivity (Wildman–Crippen MR) is 98.1 cm³/mol. The maximum atomic E-state index is 13.0. The van der Waals surface area contributed by atoms with Crippen LogP contribution >= 0.6 is 11.8 Å². The second kappa shape index (κ2) is 8.84. The highest BCUT2D eigenvalue weighted by Gasteiger charge is 2.32. The molecule has 2 fully saturated rings. The molecule has 3 rings (SSSR count). The van der Waals surface area contributed by atoms with E-state index in [1.54, 1.807) is 0 Å². The fourth-order valence-electron chi connectivity index (χ4n) is 4.08. The van der Waals surface area contributed by atoms with E-state index >= 15 is 0 Å². The van der Waals surface area contributed by atoms with Crippen LogP contribution in [0.15, 0.2) is 17.6 Å². The van der Waals surface area contributed by atoms with Crippen molar-refractivity contribution in [3.05, 3.63) is 18.0 Å². The Bertz CT molecular complexity index is 504. The van der Waals surface area contributed by atoms with Crippen molar-refractivity contribution in [3.63, 3.8) is 0 Å². The van der Waals surface area contributed by atoms with Crippen LogP contribution in [0.1, 0.15) is 69.8 Å². The lowest BCUT2D eigenvalue weighted by Crippen LogP contribution is -2.49. The minimum Gasteiger partial charge on any atom is -0.336 e. The summed E-state index contributed by atoms with van der Waals surface area (Å²) in [6.45, 7) is 1.98.